The van der Waals surface area contributed by atoms with Crippen LogP contribution >= 0.6 is 0 Å². The van der Waals surface area contributed by atoms with E-state index in [-0.39, 0.29) is 18.5 Å². The topological polar surface area (TPSA) is 95.9 Å². The minimum atomic E-state index is -0.676. The number of ether oxygens (including phenoxy) is 1. The van der Waals surface area contributed by atoms with Gasteiger partial charge in [-0.2, -0.15) is 0 Å². The molecule has 0 aliphatic carbocycles. The predicted octanol–water partition coefficient (Wildman–Crippen LogP) is 14.3. The van der Waals surface area contributed by atoms with Crippen LogP contribution < -0.4 is 5.32 Å². The van der Waals surface area contributed by atoms with Crippen molar-refractivity contribution in [1.29, 1.82) is 0 Å². The molecule has 3 N–H and O–H groups in total. The van der Waals surface area contributed by atoms with Crippen LogP contribution in [0.2, 0.25) is 0 Å². The van der Waals surface area contributed by atoms with Crippen LogP contribution in [0.3, 0.4) is 0 Å². The minimum absolute atomic E-state index is 0.0275. The average molecular weight is 790 g/mol. The number of carbonyl (C=O) groups is 2. The van der Waals surface area contributed by atoms with Gasteiger partial charge in [0.05, 0.1) is 25.4 Å². The van der Waals surface area contributed by atoms with E-state index in [1.807, 2.05) is 0 Å². The van der Waals surface area contributed by atoms with Gasteiger partial charge in [0.1, 0.15) is 0 Å². The van der Waals surface area contributed by atoms with E-state index >= 15 is 0 Å². The van der Waals surface area contributed by atoms with Crippen LogP contribution in [-0.2, 0) is 14.3 Å². The Balaban J connectivity index is 3.48. The van der Waals surface area contributed by atoms with Crippen LogP contribution in [0.25, 0.3) is 0 Å². The fraction of sp³-hybridized carbons (Fsp3) is 0.880. The number of amides is 1. The number of nitrogens with one attached hydrogen (secondary N) is 1. The Bertz CT molecular complexity index is 874. The zero-order valence-electron chi connectivity index (χ0n) is 37.4. The first-order valence-corrected chi connectivity index (χ1v) is 24.6. The van der Waals surface area contributed by atoms with Crippen LogP contribution in [0.4, 0.5) is 0 Å². The number of hydrogen-bond acceptors (Lipinski definition) is 5. The van der Waals surface area contributed by atoms with Crippen molar-refractivity contribution < 1.29 is 24.5 Å². The Morgan fingerprint density at radius 1 is 0.500 bits per heavy atom. The molecule has 0 aromatic heterocycles. The van der Waals surface area contributed by atoms with Gasteiger partial charge in [-0.1, -0.05) is 212 Å². The molecule has 0 aliphatic rings. The van der Waals surface area contributed by atoms with E-state index in [9.17, 15) is 19.8 Å². The molecule has 0 aliphatic heterocycles. The third-order valence-electron chi connectivity index (χ3n) is 11.3. The summed E-state index contributed by atoms with van der Waals surface area (Å²) in [6.45, 7) is 4.87. The average Bonchev–Trinajstić information content (AvgIpc) is 3.20. The van der Waals surface area contributed by atoms with E-state index in [2.05, 4.69) is 43.5 Å². The standard InChI is InChI=1S/C50H95NO5/c1-3-5-7-9-11-13-15-17-18-19-20-24-28-32-36-40-44-50(55)56-45-41-37-33-29-25-21-23-27-31-35-39-43-49(54)51-47(46-52)48(53)42-38-34-30-26-22-16-14-12-10-8-6-4-2/h13,15,18-19,47-48,52-53H,3-12,14,16-17,20-46H2,1-2H3,(H,51,54)/b15-13-,19-18-. The van der Waals surface area contributed by atoms with E-state index < -0.39 is 12.1 Å². The molecular weight excluding hydrogens is 695 g/mol. The molecule has 0 saturated heterocycles. The number of carbonyl (C=O) groups excluding carboxylic acids is 2. The largest absolute Gasteiger partial charge is 0.466 e. The number of aliphatic hydroxyl groups is 2. The summed E-state index contributed by atoms with van der Waals surface area (Å²) >= 11 is 0. The summed E-state index contributed by atoms with van der Waals surface area (Å²) in [6.07, 6.45) is 52.7. The normalized spacial score (nSPS) is 12.9. The Kier molecular flexibility index (Phi) is 44.7. The van der Waals surface area contributed by atoms with Crippen LogP contribution in [0, 0.1) is 0 Å². The van der Waals surface area contributed by atoms with Crippen molar-refractivity contribution >= 4 is 11.9 Å². The third kappa shape index (κ3) is 42.0. The molecule has 2 unspecified atom stereocenters. The van der Waals surface area contributed by atoms with Gasteiger partial charge < -0.3 is 20.3 Å². The maximum absolute atomic E-state index is 12.4. The van der Waals surface area contributed by atoms with Crippen molar-refractivity contribution in [2.75, 3.05) is 13.2 Å². The molecule has 1 amide bonds. The minimum Gasteiger partial charge on any atom is -0.466 e. The van der Waals surface area contributed by atoms with Crippen LogP contribution in [0.1, 0.15) is 258 Å². The number of hydrogen-bond donors (Lipinski definition) is 3. The maximum atomic E-state index is 12.4. The predicted molar refractivity (Wildman–Crippen MR) is 241 cm³/mol. The maximum Gasteiger partial charge on any atom is 0.305 e. The van der Waals surface area contributed by atoms with Gasteiger partial charge in [-0.15, -0.1) is 0 Å². The summed E-state index contributed by atoms with van der Waals surface area (Å²) in [6, 6.07) is -0.555. The molecule has 0 spiro atoms. The SMILES string of the molecule is CCCCCC/C=C\C/C=C\CCCCCCCC(=O)OCCCCCCCCCCCCCC(=O)NC(CO)C(O)CCCCCCCCCCCCCC. The quantitative estimate of drug-likeness (QED) is 0.0324. The number of aliphatic hydroxyl groups excluding tert-OH is 2. The molecule has 0 saturated carbocycles. The molecule has 0 rings (SSSR count). The Labute approximate surface area is 348 Å². The van der Waals surface area contributed by atoms with E-state index in [1.54, 1.807) is 0 Å². The highest BCUT2D eigenvalue weighted by atomic mass is 16.5. The van der Waals surface area contributed by atoms with Crippen molar-refractivity contribution in [2.24, 2.45) is 0 Å². The summed E-state index contributed by atoms with van der Waals surface area (Å²) in [7, 11) is 0. The molecule has 0 radical (unpaired) electrons. The Morgan fingerprint density at radius 2 is 0.893 bits per heavy atom. The first kappa shape index (κ1) is 54.3. The Hall–Kier alpha value is -1.66. The fourth-order valence-electron chi connectivity index (χ4n) is 7.43. The first-order chi connectivity index (χ1) is 27.5. The lowest BCUT2D eigenvalue weighted by Gasteiger charge is -2.22. The first-order valence-electron chi connectivity index (χ1n) is 24.6. The highest BCUT2D eigenvalue weighted by Crippen LogP contribution is 2.16. The molecule has 0 bridgehead atoms. The second-order valence-electron chi connectivity index (χ2n) is 16.8. The van der Waals surface area contributed by atoms with Crippen LogP contribution in [0.5, 0.6) is 0 Å². The molecule has 6 nitrogen and oxygen atoms in total. The van der Waals surface area contributed by atoms with Crippen LogP contribution in [0.15, 0.2) is 24.3 Å². The molecule has 0 aromatic rings. The molecule has 6 heteroatoms. The van der Waals surface area contributed by atoms with Gasteiger partial charge in [0.15, 0.2) is 0 Å². The monoisotopic (exact) mass is 790 g/mol. The summed E-state index contributed by atoms with van der Waals surface area (Å²) < 4.78 is 5.45. The van der Waals surface area contributed by atoms with E-state index in [1.165, 1.54) is 154 Å². The van der Waals surface area contributed by atoms with E-state index in [4.69, 9.17) is 4.74 Å². The van der Waals surface area contributed by atoms with Gasteiger partial charge >= 0.3 is 5.97 Å². The van der Waals surface area contributed by atoms with Gasteiger partial charge in [-0.3, -0.25) is 9.59 Å². The van der Waals surface area contributed by atoms with Crippen LogP contribution in [-0.4, -0.2) is 47.4 Å². The van der Waals surface area contributed by atoms with Gasteiger partial charge in [0.25, 0.3) is 0 Å². The number of unbranched alkanes of at least 4 members (excludes halogenated alkanes) is 30. The molecular formula is C50H95NO5. The second kappa shape index (κ2) is 46.0. The van der Waals surface area contributed by atoms with Gasteiger partial charge in [-0.25, -0.2) is 0 Å². The lowest BCUT2D eigenvalue weighted by atomic mass is 10.0. The van der Waals surface area contributed by atoms with Crippen molar-refractivity contribution in [2.45, 2.75) is 270 Å². The van der Waals surface area contributed by atoms with Crippen molar-refractivity contribution in [1.82, 2.24) is 5.32 Å². The number of allylic oxidation sites excluding steroid dienone is 4. The fourth-order valence-corrected chi connectivity index (χ4v) is 7.43. The summed E-state index contributed by atoms with van der Waals surface area (Å²) in [5.74, 6) is -0.0833. The highest BCUT2D eigenvalue weighted by molar-refractivity contribution is 5.76. The smallest absolute Gasteiger partial charge is 0.305 e. The Morgan fingerprint density at radius 3 is 1.38 bits per heavy atom. The highest BCUT2D eigenvalue weighted by Gasteiger charge is 2.20. The number of esters is 1. The van der Waals surface area contributed by atoms with E-state index in [0.29, 0.717) is 25.9 Å². The number of rotatable bonds is 45. The molecule has 56 heavy (non-hydrogen) atoms. The summed E-state index contributed by atoms with van der Waals surface area (Å²) in [4.78, 5) is 24.4. The summed E-state index contributed by atoms with van der Waals surface area (Å²) in [5.41, 5.74) is 0. The molecule has 2 atom stereocenters. The summed E-state index contributed by atoms with van der Waals surface area (Å²) in [5, 5.41) is 23.1. The molecule has 0 aromatic carbocycles. The van der Waals surface area contributed by atoms with Gasteiger partial charge in [0.2, 0.25) is 5.91 Å². The lowest BCUT2D eigenvalue weighted by Crippen LogP contribution is -2.45. The molecule has 0 fully saturated rings. The van der Waals surface area contributed by atoms with Crippen molar-refractivity contribution in [3.63, 3.8) is 0 Å². The lowest BCUT2D eigenvalue weighted by molar-refractivity contribution is -0.143. The van der Waals surface area contributed by atoms with Gasteiger partial charge in [0, 0.05) is 12.8 Å². The van der Waals surface area contributed by atoms with Crippen molar-refractivity contribution in [3.05, 3.63) is 24.3 Å². The zero-order valence-corrected chi connectivity index (χ0v) is 37.4. The van der Waals surface area contributed by atoms with Crippen molar-refractivity contribution in [3.8, 4) is 0 Å². The third-order valence-corrected chi connectivity index (χ3v) is 11.3. The molecule has 0 heterocycles. The second-order valence-corrected chi connectivity index (χ2v) is 16.8. The van der Waals surface area contributed by atoms with E-state index in [0.717, 1.165) is 70.6 Å². The van der Waals surface area contributed by atoms with Gasteiger partial charge in [-0.05, 0) is 57.8 Å². The molecule has 330 valence electrons. The zero-order chi connectivity index (χ0) is 40.8.